The number of aliphatic hydroxyl groups excluding tert-OH is 1. The molecule has 0 aromatic carbocycles. The molecule has 3 rings (SSSR count). The van der Waals surface area contributed by atoms with Crippen molar-refractivity contribution >= 4 is 29.9 Å². The summed E-state index contributed by atoms with van der Waals surface area (Å²) < 4.78 is 2.25. The van der Waals surface area contributed by atoms with Crippen LogP contribution < -0.4 is 10.6 Å². The van der Waals surface area contributed by atoms with Crippen LogP contribution in [0.5, 0.6) is 0 Å². The molecule has 27 heavy (non-hydrogen) atoms. The zero-order valence-corrected chi connectivity index (χ0v) is 19.1. The standard InChI is InChI=1S/C19H34N6O.HI/c1-13(2)18-24-23-17-10-9-15(12-25(17)18)22-19(20-3)21-11-16(26)14-7-5-4-6-8-14;/h13-16,26H,4-12H2,1-3H3,(H2,20,21,22);1H. The summed E-state index contributed by atoms with van der Waals surface area (Å²) in [4.78, 5) is 4.34. The van der Waals surface area contributed by atoms with Gasteiger partial charge < -0.3 is 20.3 Å². The third-order valence-corrected chi connectivity index (χ3v) is 5.73. The van der Waals surface area contributed by atoms with Crippen molar-refractivity contribution in [1.29, 1.82) is 0 Å². The number of aliphatic hydroxyl groups is 1. The Bertz CT molecular complexity index is 611. The molecule has 2 heterocycles. The average Bonchev–Trinajstić information content (AvgIpc) is 3.09. The van der Waals surface area contributed by atoms with E-state index in [-0.39, 0.29) is 30.1 Å². The highest BCUT2D eigenvalue weighted by Gasteiger charge is 2.25. The third kappa shape index (κ3) is 5.79. The summed E-state index contributed by atoms with van der Waals surface area (Å²) in [6.07, 6.45) is 7.74. The van der Waals surface area contributed by atoms with Gasteiger partial charge in [0.15, 0.2) is 5.96 Å². The molecule has 0 spiro atoms. The number of hydrogen-bond donors (Lipinski definition) is 3. The van der Waals surface area contributed by atoms with Crippen molar-refractivity contribution in [2.75, 3.05) is 13.6 Å². The van der Waals surface area contributed by atoms with Crippen molar-refractivity contribution < 1.29 is 5.11 Å². The number of rotatable bonds is 5. The fourth-order valence-electron chi connectivity index (χ4n) is 4.17. The Hall–Kier alpha value is -0.900. The molecule has 1 aliphatic heterocycles. The van der Waals surface area contributed by atoms with Crippen molar-refractivity contribution in [3.8, 4) is 0 Å². The molecular formula is C19H35IN6O. The van der Waals surface area contributed by atoms with Crippen LogP contribution in [-0.2, 0) is 13.0 Å². The molecule has 0 saturated heterocycles. The molecule has 1 aromatic rings. The first-order valence-corrected chi connectivity index (χ1v) is 10.2. The summed E-state index contributed by atoms with van der Waals surface area (Å²) in [6, 6.07) is 0.300. The first-order chi connectivity index (χ1) is 12.6. The molecule has 1 aliphatic carbocycles. The summed E-state index contributed by atoms with van der Waals surface area (Å²) in [5.41, 5.74) is 0. The Kier molecular flexibility index (Phi) is 8.78. The minimum absolute atomic E-state index is 0. The summed E-state index contributed by atoms with van der Waals surface area (Å²) in [6.45, 7) is 5.73. The molecule has 2 aliphatic rings. The van der Waals surface area contributed by atoms with Crippen LogP contribution >= 0.6 is 24.0 Å². The number of nitrogens with one attached hydrogen (secondary N) is 2. The van der Waals surface area contributed by atoms with E-state index in [1.54, 1.807) is 7.05 Å². The van der Waals surface area contributed by atoms with Crippen molar-refractivity contribution in [3.63, 3.8) is 0 Å². The SMILES string of the molecule is CN=C(NCC(O)C1CCCCC1)NC1CCc2nnc(C(C)C)n2C1.I. The van der Waals surface area contributed by atoms with Crippen molar-refractivity contribution in [2.45, 2.75) is 83.4 Å². The number of aryl methyl sites for hydroxylation is 1. The predicted octanol–water partition coefficient (Wildman–Crippen LogP) is 2.44. The van der Waals surface area contributed by atoms with Crippen LogP contribution in [0.4, 0.5) is 0 Å². The molecule has 0 bridgehead atoms. The van der Waals surface area contributed by atoms with Gasteiger partial charge in [0, 0.05) is 38.5 Å². The second-order valence-electron chi connectivity index (χ2n) is 8.04. The number of aromatic nitrogens is 3. The Morgan fingerprint density at radius 3 is 2.63 bits per heavy atom. The van der Waals surface area contributed by atoms with Gasteiger partial charge in [-0.1, -0.05) is 33.1 Å². The van der Waals surface area contributed by atoms with Gasteiger partial charge in [-0.15, -0.1) is 34.2 Å². The summed E-state index contributed by atoms with van der Waals surface area (Å²) in [5.74, 6) is 3.72. The molecule has 0 amide bonds. The highest BCUT2D eigenvalue weighted by Crippen LogP contribution is 2.26. The molecule has 1 aromatic heterocycles. The van der Waals surface area contributed by atoms with Crippen LogP contribution in [-0.4, -0.2) is 51.6 Å². The molecule has 1 saturated carbocycles. The van der Waals surface area contributed by atoms with Crippen molar-refractivity contribution in [2.24, 2.45) is 10.9 Å². The highest BCUT2D eigenvalue weighted by molar-refractivity contribution is 14.0. The van der Waals surface area contributed by atoms with E-state index >= 15 is 0 Å². The molecule has 1 fully saturated rings. The Morgan fingerprint density at radius 1 is 1.22 bits per heavy atom. The normalized spacial score (nSPS) is 22.1. The van der Waals surface area contributed by atoms with Gasteiger partial charge in [-0.3, -0.25) is 4.99 Å². The van der Waals surface area contributed by atoms with E-state index in [1.807, 2.05) is 0 Å². The number of hydrogen-bond acceptors (Lipinski definition) is 4. The van der Waals surface area contributed by atoms with Gasteiger partial charge in [0.25, 0.3) is 0 Å². The monoisotopic (exact) mass is 490 g/mol. The van der Waals surface area contributed by atoms with Crippen LogP contribution in [0.1, 0.15) is 69.9 Å². The second kappa shape index (κ2) is 10.6. The molecule has 2 atom stereocenters. The lowest BCUT2D eigenvalue weighted by Gasteiger charge is -2.29. The molecule has 3 N–H and O–H groups in total. The number of aliphatic imine (C=N–C) groups is 1. The van der Waals surface area contributed by atoms with E-state index in [2.05, 4.69) is 44.2 Å². The second-order valence-corrected chi connectivity index (χ2v) is 8.04. The number of fused-ring (bicyclic) bond motifs is 1. The van der Waals surface area contributed by atoms with E-state index in [1.165, 1.54) is 19.3 Å². The molecule has 0 radical (unpaired) electrons. The van der Waals surface area contributed by atoms with Gasteiger partial charge in [0.2, 0.25) is 0 Å². The molecule has 154 valence electrons. The predicted molar refractivity (Wildman–Crippen MR) is 119 cm³/mol. The summed E-state index contributed by atoms with van der Waals surface area (Å²) >= 11 is 0. The largest absolute Gasteiger partial charge is 0.391 e. The number of nitrogens with zero attached hydrogens (tertiary/aromatic N) is 4. The molecule has 7 nitrogen and oxygen atoms in total. The maximum Gasteiger partial charge on any atom is 0.191 e. The van der Waals surface area contributed by atoms with Crippen LogP contribution in [0, 0.1) is 5.92 Å². The van der Waals surface area contributed by atoms with Gasteiger partial charge >= 0.3 is 0 Å². The van der Waals surface area contributed by atoms with E-state index in [0.29, 0.717) is 24.4 Å². The lowest BCUT2D eigenvalue weighted by molar-refractivity contribution is 0.0879. The third-order valence-electron chi connectivity index (χ3n) is 5.73. The fourth-order valence-corrected chi connectivity index (χ4v) is 4.17. The number of guanidine groups is 1. The summed E-state index contributed by atoms with van der Waals surface area (Å²) in [7, 11) is 1.79. The Morgan fingerprint density at radius 2 is 1.96 bits per heavy atom. The maximum atomic E-state index is 10.5. The van der Waals surface area contributed by atoms with Crippen LogP contribution in [0.15, 0.2) is 4.99 Å². The van der Waals surface area contributed by atoms with E-state index in [0.717, 1.165) is 49.8 Å². The van der Waals surface area contributed by atoms with Gasteiger partial charge in [-0.25, -0.2) is 0 Å². The summed E-state index contributed by atoms with van der Waals surface area (Å²) in [5, 5.41) is 26.0. The van der Waals surface area contributed by atoms with Gasteiger partial charge in [-0.2, -0.15) is 0 Å². The zero-order chi connectivity index (χ0) is 18.5. The maximum absolute atomic E-state index is 10.5. The minimum atomic E-state index is -0.294. The van der Waals surface area contributed by atoms with Crippen molar-refractivity contribution in [3.05, 3.63) is 11.6 Å². The topological polar surface area (TPSA) is 87.4 Å². The van der Waals surface area contributed by atoms with Crippen molar-refractivity contribution in [1.82, 2.24) is 25.4 Å². The first-order valence-electron chi connectivity index (χ1n) is 10.2. The lowest BCUT2D eigenvalue weighted by Crippen LogP contribution is -2.49. The Labute approximate surface area is 179 Å². The molecule has 2 unspecified atom stereocenters. The first kappa shape index (κ1) is 22.4. The Balaban J connectivity index is 0.00000261. The van der Waals surface area contributed by atoms with Gasteiger partial charge in [0.05, 0.1) is 6.10 Å². The minimum Gasteiger partial charge on any atom is -0.391 e. The van der Waals surface area contributed by atoms with Crippen LogP contribution in [0.2, 0.25) is 0 Å². The van der Waals surface area contributed by atoms with Crippen LogP contribution in [0.3, 0.4) is 0 Å². The van der Waals surface area contributed by atoms with E-state index < -0.39 is 0 Å². The average molecular weight is 490 g/mol. The smallest absolute Gasteiger partial charge is 0.191 e. The zero-order valence-electron chi connectivity index (χ0n) is 16.8. The molecular weight excluding hydrogens is 455 g/mol. The quantitative estimate of drug-likeness (QED) is 0.336. The highest BCUT2D eigenvalue weighted by atomic mass is 127. The molecule has 8 heteroatoms. The lowest BCUT2D eigenvalue weighted by atomic mass is 9.85. The van der Waals surface area contributed by atoms with Crippen LogP contribution in [0.25, 0.3) is 0 Å². The van der Waals surface area contributed by atoms with Gasteiger partial charge in [-0.05, 0) is 25.2 Å². The van der Waals surface area contributed by atoms with Gasteiger partial charge in [0.1, 0.15) is 11.6 Å². The fraction of sp³-hybridized carbons (Fsp3) is 0.842. The van der Waals surface area contributed by atoms with E-state index in [4.69, 9.17) is 0 Å². The van der Waals surface area contributed by atoms with E-state index in [9.17, 15) is 5.11 Å². The number of halogens is 1.